The summed E-state index contributed by atoms with van der Waals surface area (Å²) in [5, 5.41) is 18.5. The fourth-order valence-electron chi connectivity index (χ4n) is 3.64. The molecule has 2 amide bonds. The largest absolute Gasteiger partial charge is 0.444 e. The lowest BCUT2D eigenvalue weighted by molar-refractivity contribution is -0.130. The number of hydrogen-bond donors (Lipinski definition) is 2. The molecule has 3 heterocycles. The van der Waals surface area contributed by atoms with Crippen molar-refractivity contribution in [2.75, 3.05) is 18.4 Å². The normalized spacial score (nSPS) is 19.1. The van der Waals surface area contributed by atoms with Gasteiger partial charge < -0.3 is 15.0 Å². The number of alkyl halides is 1. The molecule has 0 bridgehead atoms. The lowest BCUT2D eigenvalue weighted by Crippen LogP contribution is -2.54. The maximum absolute atomic E-state index is 15.5. The highest BCUT2D eigenvalue weighted by molar-refractivity contribution is 5.97. The van der Waals surface area contributed by atoms with E-state index < -0.39 is 23.3 Å². The third-order valence-corrected chi connectivity index (χ3v) is 5.17. The van der Waals surface area contributed by atoms with Gasteiger partial charge in [-0.1, -0.05) is 12.1 Å². The van der Waals surface area contributed by atoms with Gasteiger partial charge in [-0.2, -0.15) is 5.10 Å². The summed E-state index contributed by atoms with van der Waals surface area (Å²) in [6.07, 6.45) is 1.42. The van der Waals surface area contributed by atoms with Crippen LogP contribution in [0.15, 0.2) is 36.5 Å². The number of amides is 2. The van der Waals surface area contributed by atoms with Crippen molar-refractivity contribution in [2.24, 2.45) is 0 Å². The zero-order chi connectivity index (χ0) is 22.9. The SMILES string of the molecule is CC(C)(C)OC(=O)N1CCC[C@](F)(C(=O)Nc2ccc(-c3cccc4[nH]ncc34)nn2)C1. The van der Waals surface area contributed by atoms with Crippen LogP contribution in [0.25, 0.3) is 22.2 Å². The standard InChI is InChI=1S/C22H25FN6O3/c1-21(2,3)32-20(31)29-11-5-10-22(23,13-29)19(30)25-18-9-8-17(27-28-18)14-6-4-7-16-15(14)12-24-26-16/h4,6-9,12H,5,10-11,13H2,1-3H3,(H,24,26)(H,25,28,30)/t22-/m1/s1. The minimum absolute atomic E-state index is 0.00608. The molecule has 32 heavy (non-hydrogen) atoms. The van der Waals surface area contributed by atoms with Gasteiger partial charge in [-0.25, -0.2) is 9.18 Å². The van der Waals surface area contributed by atoms with E-state index in [-0.39, 0.29) is 18.8 Å². The van der Waals surface area contributed by atoms with E-state index in [1.165, 1.54) is 4.90 Å². The van der Waals surface area contributed by atoms with Crippen molar-refractivity contribution >= 4 is 28.7 Å². The first-order valence-corrected chi connectivity index (χ1v) is 10.4. The number of halogens is 1. The molecule has 4 rings (SSSR count). The summed E-state index contributed by atoms with van der Waals surface area (Å²) >= 11 is 0. The third kappa shape index (κ3) is 4.53. The number of H-pyrrole nitrogens is 1. The molecule has 10 heteroatoms. The van der Waals surface area contributed by atoms with Crippen molar-refractivity contribution in [1.82, 2.24) is 25.3 Å². The Morgan fingerprint density at radius 2 is 2.03 bits per heavy atom. The van der Waals surface area contributed by atoms with Gasteiger partial charge in [0.15, 0.2) is 5.82 Å². The maximum Gasteiger partial charge on any atom is 0.410 e. The summed E-state index contributed by atoms with van der Waals surface area (Å²) in [6.45, 7) is 5.17. The molecule has 1 aromatic carbocycles. The van der Waals surface area contributed by atoms with Crippen LogP contribution in [0.1, 0.15) is 33.6 Å². The molecule has 0 unspecified atom stereocenters. The molecule has 0 saturated carbocycles. The number of rotatable bonds is 3. The number of carbonyl (C=O) groups is 2. The zero-order valence-corrected chi connectivity index (χ0v) is 18.2. The Hall–Kier alpha value is -3.56. The van der Waals surface area contributed by atoms with Crippen LogP contribution in [0.3, 0.4) is 0 Å². The van der Waals surface area contributed by atoms with Gasteiger partial charge >= 0.3 is 6.09 Å². The molecule has 2 aromatic heterocycles. The van der Waals surface area contributed by atoms with E-state index in [9.17, 15) is 9.59 Å². The van der Waals surface area contributed by atoms with E-state index in [0.29, 0.717) is 18.7 Å². The molecule has 1 fully saturated rings. The van der Waals surface area contributed by atoms with Crippen molar-refractivity contribution in [1.29, 1.82) is 0 Å². The molecule has 9 nitrogen and oxygen atoms in total. The molecule has 168 valence electrons. The second-order valence-electron chi connectivity index (χ2n) is 8.87. The summed E-state index contributed by atoms with van der Waals surface area (Å²) < 4.78 is 20.8. The second-order valence-corrected chi connectivity index (χ2v) is 8.87. The maximum atomic E-state index is 15.5. The van der Waals surface area contributed by atoms with E-state index in [2.05, 4.69) is 25.7 Å². The molecule has 3 aromatic rings. The molecule has 0 aliphatic carbocycles. The Kier molecular flexibility index (Phi) is 5.53. The average Bonchev–Trinajstić information content (AvgIpc) is 3.22. The van der Waals surface area contributed by atoms with Crippen molar-refractivity contribution < 1.29 is 18.7 Å². The van der Waals surface area contributed by atoms with Crippen LogP contribution in [-0.2, 0) is 9.53 Å². The Morgan fingerprint density at radius 3 is 2.75 bits per heavy atom. The Labute approximate surface area is 184 Å². The average molecular weight is 440 g/mol. The van der Waals surface area contributed by atoms with Crippen LogP contribution < -0.4 is 5.32 Å². The second kappa shape index (κ2) is 8.18. The minimum Gasteiger partial charge on any atom is -0.444 e. The molecule has 1 saturated heterocycles. The molecular formula is C22H25FN6O3. The number of fused-ring (bicyclic) bond motifs is 1. The van der Waals surface area contributed by atoms with Crippen LogP contribution >= 0.6 is 0 Å². The first-order chi connectivity index (χ1) is 15.1. The van der Waals surface area contributed by atoms with Crippen LogP contribution in [0.4, 0.5) is 15.0 Å². The van der Waals surface area contributed by atoms with E-state index in [1.54, 1.807) is 39.1 Å². The van der Waals surface area contributed by atoms with E-state index >= 15 is 4.39 Å². The topological polar surface area (TPSA) is 113 Å². The van der Waals surface area contributed by atoms with Gasteiger partial charge in [0.05, 0.1) is 24.0 Å². The molecule has 1 aliphatic rings. The number of benzene rings is 1. The van der Waals surface area contributed by atoms with Crippen molar-refractivity contribution in [3.8, 4) is 11.3 Å². The predicted octanol–water partition coefficient (Wildman–Crippen LogP) is 3.70. The quantitative estimate of drug-likeness (QED) is 0.642. The van der Waals surface area contributed by atoms with E-state index in [0.717, 1.165) is 16.5 Å². The number of ether oxygens (including phenoxy) is 1. The summed E-state index contributed by atoms with van der Waals surface area (Å²) in [4.78, 5) is 26.2. The predicted molar refractivity (Wildman–Crippen MR) is 117 cm³/mol. The summed E-state index contributed by atoms with van der Waals surface area (Å²) in [5.41, 5.74) is -0.637. The number of aromatic nitrogens is 4. The van der Waals surface area contributed by atoms with Crippen LogP contribution in [-0.4, -0.2) is 61.7 Å². The lowest BCUT2D eigenvalue weighted by atomic mass is 9.94. The number of nitrogens with one attached hydrogen (secondary N) is 2. The number of likely N-dealkylation sites (tertiary alicyclic amines) is 1. The third-order valence-electron chi connectivity index (χ3n) is 5.17. The van der Waals surface area contributed by atoms with Crippen LogP contribution in [0.5, 0.6) is 0 Å². The van der Waals surface area contributed by atoms with Crippen molar-refractivity contribution in [3.05, 3.63) is 36.5 Å². The van der Waals surface area contributed by atoms with Gasteiger partial charge in [-0.05, 0) is 51.8 Å². The van der Waals surface area contributed by atoms with Gasteiger partial charge in [0.25, 0.3) is 5.91 Å². The fourth-order valence-corrected chi connectivity index (χ4v) is 3.64. The number of anilines is 1. The number of hydrogen-bond acceptors (Lipinski definition) is 6. The number of carbonyl (C=O) groups excluding carboxylic acids is 2. The van der Waals surface area contributed by atoms with Crippen LogP contribution in [0.2, 0.25) is 0 Å². The summed E-state index contributed by atoms with van der Waals surface area (Å²) in [7, 11) is 0. The zero-order valence-electron chi connectivity index (χ0n) is 18.2. The molecule has 0 spiro atoms. The molecule has 1 aliphatic heterocycles. The lowest BCUT2D eigenvalue weighted by Gasteiger charge is -2.36. The summed E-state index contributed by atoms with van der Waals surface area (Å²) in [5.74, 6) is -0.728. The van der Waals surface area contributed by atoms with Crippen molar-refractivity contribution in [3.63, 3.8) is 0 Å². The van der Waals surface area contributed by atoms with Gasteiger partial charge in [0.1, 0.15) is 5.60 Å². The Bertz CT molecular complexity index is 1140. The van der Waals surface area contributed by atoms with E-state index in [1.807, 2.05) is 18.2 Å². The highest BCUT2D eigenvalue weighted by Crippen LogP contribution is 2.29. The first kappa shape index (κ1) is 21.7. The highest BCUT2D eigenvalue weighted by Gasteiger charge is 2.45. The number of piperidine rings is 1. The van der Waals surface area contributed by atoms with Gasteiger partial charge in [0.2, 0.25) is 5.67 Å². The molecule has 2 N–H and O–H groups in total. The smallest absolute Gasteiger partial charge is 0.410 e. The highest BCUT2D eigenvalue weighted by atomic mass is 19.1. The van der Waals surface area contributed by atoms with Crippen LogP contribution in [0, 0.1) is 0 Å². The first-order valence-electron chi connectivity index (χ1n) is 10.4. The number of nitrogens with zero attached hydrogens (tertiary/aromatic N) is 4. The molecular weight excluding hydrogens is 415 g/mol. The molecule has 1 atom stereocenters. The monoisotopic (exact) mass is 440 g/mol. The van der Waals surface area contributed by atoms with Gasteiger partial charge in [-0.3, -0.25) is 9.89 Å². The number of aromatic amines is 1. The summed E-state index contributed by atoms with van der Waals surface area (Å²) in [6, 6.07) is 8.93. The van der Waals surface area contributed by atoms with Crippen molar-refractivity contribution in [2.45, 2.75) is 44.9 Å². The van der Waals surface area contributed by atoms with E-state index in [4.69, 9.17) is 4.74 Å². The Balaban J connectivity index is 1.45. The fraction of sp³-hybridized carbons (Fsp3) is 0.409. The molecule has 0 radical (unpaired) electrons. The Morgan fingerprint density at radius 1 is 1.22 bits per heavy atom. The van der Waals surface area contributed by atoms with Gasteiger partial charge in [0, 0.05) is 17.5 Å². The minimum atomic E-state index is -2.24. The van der Waals surface area contributed by atoms with Gasteiger partial charge in [-0.15, -0.1) is 10.2 Å².